The van der Waals surface area contributed by atoms with Crippen molar-refractivity contribution >= 4 is 11.6 Å². The van der Waals surface area contributed by atoms with Gasteiger partial charge in [-0.25, -0.2) is 9.97 Å². The Hall–Kier alpha value is -2.18. The highest BCUT2D eigenvalue weighted by atomic mass is 15.4. The molecule has 0 aliphatic carbocycles. The summed E-state index contributed by atoms with van der Waals surface area (Å²) in [5.41, 5.74) is 1.03. The molecule has 7 nitrogen and oxygen atoms in total. The van der Waals surface area contributed by atoms with Crippen molar-refractivity contribution in [2.75, 3.05) is 23.7 Å². The molecule has 0 amide bonds. The van der Waals surface area contributed by atoms with Gasteiger partial charge in [-0.05, 0) is 20.8 Å². The lowest BCUT2D eigenvalue weighted by Crippen LogP contribution is -2.14. The largest absolute Gasteiger partial charge is 0.370 e. The fourth-order valence-corrected chi connectivity index (χ4v) is 1.78. The first-order valence-corrected chi connectivity index (χ1v) is 6.37. The molecule has 0 aromatic carbocycles. The van der Waals surface area contributed by atoms with Crippen LogP contribution < -0.4 is 10.6 Å². The summed E-state index contributed by atoms with van der Waals surface area (Å²) in [6, 6.07) is 0. The molecule has 0 fully saturated rings. The van der Waals surface area contributed by atoms with Crippen LogP contribution in [-0.4, -0.2) is 38.1 Å². The zero-order valence-corrected chi connectivity index (χ0v) is 11.5. The number of rotatable bonds is 6. The topological polar surface area (TPSA) is 80.5 Å². The molecule has 0 spiro atoms. The van der Waals surface area contributed by atoms with Gasteiger partial charge in [0.15, 0.2) is 0 Å². The van der Waals surface area contributed by atoms with Crippen molar-refractivity contribution in [3.63, 3.8) is 0 Å². The average molecular weight is 261 g/mol. The van der Waals surface area contributed by atoms with Crippen LogP contribution in [0.3, 0.4) is 0 Å². The molecule has 0 bridgehead atoms. The van der Waals surface area contributed by atoms with Crippen molar-refractivity contribution < 1.29 is 0 Å². The minimum absolute atomic E-state index is 0.742. The number of anilines is 2. The average Bonchev–Trinajstić information content (AvgIpc) is 2.88. The summed E-state index contributed by atoms with van der Waals surface area (Å²) in [5, 5.41) is 14.2. The van der Waals surface area contributed by atoms with Crippen LogP contribution in [0.2, 0.25) is 0 Å². The number of aromatic nitrogens is 5. The Balaban J connectivity index is 2.02. The van der Waals surface area contributed by atoms with E-state index >= 15 is 0 Å². The number of aryl methyl sites for hydroxylation is 1. The Morgan fingerprint density at radius 3 is 2.53 bits per heavy atom. The van der Waals surface area contributed by atoms with Gasteiger partial charge in [0.1, 0.15) is 17.5 Å². The molecule has 2 aromatic heterocycles. The van der Waals surface area contributed by atoms with Gasteiger partial charge in [0.2, 0.25) is 0 Å². The van der Waals surface area contributed by atoms with Crippen LogP contribution in [0.1, 0.15) is 18.3 Å². The van der Waals surface area contributed by atoms with Gasteiger partial charge in [-0.1, -0.05) is 5.21 Å². The Bertz CT molecular complexity index is 521. The van der Waals surface area contributed by atoms with E-state index in [4.69, 9.17) is 0 Å². The fraction of sp³-hybridized carbons (Fsp3) is 0.500. The van der Waals surface area contributed by atoms with Crippen LogP contribution in [0, 0.1) is 13.8 Å². The van der Waals surface area contributed by atoms with Gasteiger partial charge in [-0.2, -0.15) is 0 Å². The minimum Gasteiger partial charge on any atom is -0.370 e. The SMILES string of the molecule is CCNc1nc(C)nc(NCCn2ccnn2)c1C. The minimum atomic E-state index is 0.742. The highest BCUT2D eigenvalue weighted by molar-refractivity contribution is 5.57. The van der Waals surface area contributed by atoms with E-state index in [-0.39, 0.29) is 0 Å². The van der Waals surface area contributed by atoms with Gasteiger partial charge in [-0.3, -0.25) is 4.68 Å². The maximum atomic E-state index is 4.43. The number of nitrogens with zero attached hydrogens (tertiary/aromatic N) is 5. The van der Waals surface area contributed by atoms with Gasteiger partial charge < -0.3 is 10.6 Å². The molecular weight excluding hydrogens is 242 g/mol. The molecule has 0 atom stereocenters. The lowest BCUT2D eigenvalue weighted by atomic mass is 10.3. The van der Waals surface area contributed by atoms with E-state index in [0.717, 1.165) is 42.7 Å². The highest BCUT2D eigenvalue weighted by Gasteiger charge is 2.07. The monoisotopic (exact) mass is 261 g/mol. The maximum Gasteiger partial charge on any atom is 0.134 e. The molecule has 0 saturated heterocycles. The van der Waals surface area contributed by atoms with Crippen LogP contribution in [0.15, 0.2) is 12.4 Å². The van der Waals surface area contributed by atoms with Gasteiger partial charge in [0, 0.05) is 24.8 Å². The molecule has 2 aromatic rings. The van der Waals surface area contributed by atoms with Crippen molar-refractivity contribution in [3.8, 4) is 0 Å². The van der Waals surface area contributed by atoms with Gasteiger partial charge in [0.25, 0.3) is 0 Å². The molecular formula is C12H19N7. The van der Waals surface area contributed by atoms with Gasteiger partial charge in [-0.15, -0.1) is 5.10 Å². The third-order valence-corrected chi connectivity index (χ3v) is 2.71. The first-order valence-electron chi connectivity index (χ1n) is 6.37. The van der Waals surface area contributed by atoms with E-state index in [1.807, 2.05) is 20.0 Å². The Labute approximate surface area is 112 Å². The van der Waals surface area contributed by atoms with Crippen molar-refractivity contribution in [2.45, 2.75) is 27.3 Å². The highest BCUT2D eigenvalue weighted by Crippen LogP contribution is 2.19. The Kier molecular flexibility index (Phi) is 4.27. The smallest absolute Gasteiger partial charge is 0.134 e. The summed E-state index contributed by atoms with van der Waals surface area (Å²) in [6.07, 6.45) is 3.51. The van der Waals surface area contributed by atoms with E-state index in [1.54, 1.807) is 10.9 Å². The van der Waals surface area contributed by atoms with Crippen LogP contribution in [-0.2, 0) is 6.54 Å². The molecule has 2 rings (SSSR count). The first-order chi connectivity index (χ1) is 9.20. The number of hydrogen-bond acceptors (Lipinski definition) is 6. The number of nitrogens with one attached hydrogen (secondary N) is 2. The predicted octanol–water partition coefficient (Wildman–Crippen LogP) is 1.23. The summed E-state index contributed by atoms with van der Waals surface area (Å²) in [4.78, 5) is 8.82. The van der Waals surface area contributed by atoms with E-state index in [9.17, 15) is 0 Å². The van der Waals surface area contributed by atoms with E-state index in [2.05, 4.69) is 37.8 Å². The number of hydrogen-bond donors (Lipinski definition) is 2. The van der Waals surface area contributed by atoms with Crippen LogP contribution in [0.4, 0.5) is 11.6 Å². The standard InChI is InChI=1S/C12H19N7/c1-4-13-11-9(2)12(17-10(3)16-11)14-5-7-19-8-6-15-18-19/h6,8H,4-5,7H2,1-3H3,(H2,13,14,16,17). The lowest BCUT2D eigenvalue weighted by Gasteiger charge is -2.13. The lowest BCUT2D eigenvalue weighted by molar-refractivity contribution is 0.608. The third-order valence-electron chi connectivity index (χ3n) is 2.71. The maximum absolute atomic E-state index is 4.43. The summed E-state index contributed by atoms with van der Waals surface area (Å²) >= 11 is 0. The second kappa shape index (κ2) is 6.12. The molecule has 0 aliphatic heterocycles. The van der Waals surface area contributed by atoms with E-state index in [1.165, 1.54) is 0 Å². The molecule has 0 saturated carbocycles. The van der Waals surface area contributed by atoms with Gasteiger partial charge in [0.05, 0.1) is 12.7 Å². The molecule has 0 aliphatic rings. The summed E-state index contributed by atoms with van der Waals surface area (Å²) in [7, 11) is 0. The molecule has 7 heteroatoms. The molecule has 102 valence electrons. The van der Waals surface area contributed by atoms with Crippen molar-refractivity contribution in [3.05, 3.63) is 23.8 Å². The molecule has 0 radical (unpaired) electrons. The molecule has 0 unspecified atom stereocenters. The fourth-order valence-electron chi connectivity index (χ4n) is 1.78. The molecule has 19 heavy (non-hydrogen) atoms. The van der Waals surface area contributed by atoms with Crippen LogP contribution in [0.5, 0.6) is 0 Å². The molecule has 2 heterocycles. The van der Waals surface area contributed by atoms with Crippen molar-refractivity contribution in [2.24, 2.45) is 0 Å². The Morgan fingerprint density at radius 2 is 1.89 bits per heavy atom. The first kappa shape index (κ1) is 13.3. The second-order valence-electron chi connectivity index (χ2n) is 4.22. The Morgan fingerprint density at radius 1 is 1.16 bits per heavy atom. The van der Waals surface area contributed by atoms with E-state index < -0.39 is 0 Å². The van der Waals surface area contributed by atoms with Gasteiger partial charge >= 0.3 is 0 Å². The summed E-state index contributed by atoms with van der Waals surface area (Å²) in [5.74, 6) is 2.51. The molecule has 2 N–H and O–H groups in total. The van der Waals surface area contributed by atoms with E-state index in [0.29, 0.717) is 0 Å². The summed E-state index contributed by atoms with van der Waals surface area (Å²) < 4.78 is 1.78. The normalized spacial score (nSPS) is 10.5. The second-order valence-corrected chi connectivity index (χ2v) is 4.22. The zero-order chi connectivity index (χ0) is 13.7. The van der Waals surface area contributed by atoms with Crippen molar-refractivity contribution in [1.29, 1.82) is 0 Å². The third kappa shape index (κ3) is 3.40. The predicted molar refractivity (Wildman–Crippen MR) is 74.2 cm³/mol. The summed E-state index contributed by atoms with van der Waals surface area (Å²) in [6.45, 7) is 8.29. The quantitative estimate of drug-likeness (QED) is 0.814. The van der Waals surface area contributed by atoms with Crippen LogP contribution >= 0.6 is 0 Å². The van der Waals surface area contributed by atoms with Crippen LogP contribution in [0.25, 0.3) is 0 Å². The zero-order valence-electron chi connectivity index (χ0n) is 11.5. The van der Waals surface area contributed by atoms with Crippen molar-refractivity contribution in [1.82, 2.24) is 25.0 Å².